The number of alkyl halides is 6. The summed E-state index contributed by atoms with van der Waals surface area (Å²) in [5, 5.41) is 0. The van der Waals surface area contributed by atoms with Gasteiger partial charge in [0.05, 0.1) is 0 Å². The largest absolute Gasteiger partial charge is 0.363 e. The SMILES string of the molecule is CCCCC(Br)CC(F)(F)C(F)(F)Br. The number of unbranched alkanes of at least 4 members (excludes halogenated alkanes) is 1. The summed E-state index contributed by atoms with van der Waals surface area (Å²) < 4.78 is 50.2. The van der Waals surface area contributed by atoms with Crippen molar-refractivity contribution in [3.8, 4) is 0 Å². The second kappa shape index (κ2) is 5.68. The smallest absolute Gasteiger partial charge is 0.199 e. The van der Waals surface area contributed by atoms with Gasteiger partial charge in [-0.05, 0) is 22.4 Å². The first-order valence-corrected chi connectivity index (χ1v) is 6.00. The van der Waals surface area contributed by atoms with Crippen molar-refractivity contribution in [2.24, 2.45) is 0 Å². The fraction of sp³-hybridized carbons (Fsp3) is 1.00. The standard InChI is InChI=1S/C8H12Br2F4/c1-2-3-4-6(9)5-7(11,12)8(10,13)14/h6H,2-5H2,1H3. The molecule has 0 aromatic heterocycles. The molecule has 0 saturated carbocycles. The first-order chi connectivity index (χ1) is 6.20. The highest BCUT2D eigenvalue weighted by molar-refractivity contribution is 9.10. The molecule has 0 aliphatic rings. The lowest BCUT2D eigenvalue weighted by molar-refractivity contribution is -0.150. The maximum absolute atomic E-state index is 12.8. The lowest BCUT2D eigenvalue weighted by Gasteiger charge is -2.23. The molecule has 1 unspecified atom stereocenters. The molecule has 0 amide bonds. The van der Waals surface area contributed by atoms with Crippen LogP contribution in [0, 0.1) is 0 Å². The average Bonchev–Trinajstić information content (AvgIpc) is 1.97. The first-order valence-electron chi connectivity index (χ1n) is 4.29. The Morgan fingerprint density at radius 3 is 2.07 bits per heavy atom. The molecule has 86 valence electrons. The normalized spacial score (nSPS) is 15.6. The molecule has 6 heteroatoms. The van der Waals surface area contributed by atoms with Gasteiger partial charge in [0.2, 0.25) is 0 Å². The van der Waals surface area contributed by atoms with Crippen molar-refractivity contribution in [2.45, 2.75) is 48.2 Å². The van der Waals surface area contributed by atoms with Crippen molar-refractivity contribution in [1.82, 2.24) is 0 Å². The molecule has 0 aliphatic heterocycles. The Morgan fingerprint density at radius 1 is 1.21 bits per heavy atom. The van der Waals surface area contributed by atoms with E-state index in [9.17, 15) is 17.6 Å². The van der Waals surface area contributed by atoms with E-state index in [2.05, 4.69) is 15.9 Å². The van der Waals surface area contributed by atoms with Crippen LogP contribution in [0.3, 0.4) is 0 Å². The Bertz CT molecular complexity index is 167. The van der Waals surface area contributed by atoms with E-state index < -0.39 is 22.0 Å². The van der Waals surface area contributed by atoms with Gasteiger partial charge >= 0.3 is 10.8 Å². The van der Waals surface area contributed by atoms with Gasteiger partial charge in [0, 0.05) is 11.2 Å². The number of hydrogen-bond acceptors (Lipinski definition) is 0. The Hall–Kier alpha value is 0.680. The van der Waals surface area contributed by atoms with Crippen molar-refractivity contribution in [1.29, 1.82) is 0 Å². The second-order valence-corrected chi connectivity index (χ2v) is 5.44. The van der Waals surface area contributed by atoms with E-state index >= 15 is 0 Å². The summed E-state index contributed by atoms with van der Waals surface area (Å²) >= 11 is 4.67. The maximum atomic E-state index is 12.8. The highest BCUT2D eigenvalue weighted by Gasteiger charge is 2.54. The Labute approximate surface area is 97.7 Å². The van der Waals surface area contributed by atoms with Crippen LogP contribution < -0.4 is 0 Å². The molecule has 0 bridgehead atoms. The summed E-state index contributed by atoms with van der Waals surface area (Å²) in [4.78, 5) is -4.70. The van der Waals surface area contributed by atoms with E-state index in [-0.39, 0.29) is 0 Å². The minimum atomic E-state index is -4.13. The van der Waals surface area contributed by atoms with Crippen LogP contribution in [0.1, 0.15) is 32.6 Å². The van der Waals surface area contributed by atoms with Crippen LogP contribution in [0.4, 0.5) is 17.6 Å². The molecular weight excluding hydrogens is 332 g/mol. The number of hydrogen-bond donors (Lipinski definition) is 0. The molecule has 0 radical (unpaired) electrons. The van der Waals surface area contributed by atoms with E-state index in [0.717, 1.165) is 12.8 Å². The fourth-order valence-electron chi connectivity index (χ4n) is 0.922. The Kier molecular flexibility index (Phi) is 5.95. The third-order valence-electron chi connectivity index (χ3n) is 1.76. The van der Waals surface area contributed by atoms with Gasteiger partial charge in [-0.3, -0.25) is 0 Å². The third-order valence-corrected chi connectivity index (χ3v) is 3.13. The molecule has 0 spiro atoms. The van der Waals surface area contributed by atoms with Crippen molar-refractivity contribution in [3.63, 3.8) is 0 Å². The lowest BCUT2D eigenvalue weighted by Crippen LogP contribution is -2.37. The van der Waals surface area contributed by atoms with E-state index in [0.29, 0.717) is 6.42 Å². The molecule has 0 fully saturated rings. The summed E-state index contributed by atoms with van der Waals surface area (Å²) in [6.45, 7) is 1.91. The van der Waals surface area contributed by atoms with Crippen LogP contribution in [0.25, 0.3) is 0 Å². The summed E-state index contributed by atoms with van der Waals surface area (Å²) in [6.07, 6.45) is 1.23. The maximum Gasteiger partial charge on any atom is 0.363 e. The topological polar surface area (TPSA) is 0 Å². The molecule has 0 N–H and O–H groups in total. The number of halogens is 6. The van der Waals surface area contributed by atoms with Crippen LogP contribution in [0.15, 0.2) is 0 Å². The van der Waals surface area contributed by atoms with E-state index in [4.69, 9.17) is 0 Å². The lowest BCUT2D eigenvalue weighted by atomic mass is 10.1. The molecule has 0 rings (SSSR count). The Morgan fingerprint density at radius 2 is 1.71 bits per heavy atom. The molecule has 14 heavy (non-hydrogen) atoms. The predicted octanol–water partition coefficient (Wildman–Crippen LogP) is 4.95. The van der Waals surface area contributed by atoms with Crippen LogP contribution in [-0.4, -0.2) is 15.6 Å². The molecule has 0 aliphatic carbocycles. The molecule has 0 aromatic rings. The van der Waals surface area contributed by atoms with Crippen LogP contribution in [0.2, 0.25) is 0 Å². The third kappa shape index (κ3) is 4.96. The molecule has 0 nitrogen and oxygen atoms in total. The molecule has 0 aromatic carbocycles. The van der Waals surface area contributed by atoms with E-state index in [1.54, 1.807) is 15.9 Å². The average molecular weight is 344 g/mol. The highest BCUT2D eigenvalue weighted by atomic mass is 79.9. The van der Waals surface area contributed by atoms with Crippen molar-refractivity contribution in [2.75, 3.05) is 0 Å². The van der Waals surface area contributed by atoms with Gasteiger partial charge in [0.25, 0.3) is 0 Å². The zero-order chi connectivity index (χ0) is 11.4. The zero-order valence-corrected chi connectivity index (χ0v) is 10.8. The predicted molar refractivity (Wildman–Crippen MR) is 55.7 cm³/mol. The minimum absolute atomic E-state index is 0.481. The van der Waals surface area contributed by atoms with Gasteiger partial charge in [-0.15, -0.1) is 0 Å². The number of rotatable bonds is 6. The van der Waals surface area contributed by atoms with Gasteiger partial charge < -0.3 is 0 Å². The second-order valence-electron chi connectivity index (χ2n) is 3.15. The summed E-state index contributed by atoms with van der Waals surface area (Å²) in [5.41, 5.74) is 0. The van der Waals surface area contributed by atoms with Gasteiger partial charge in [0.15, 0.2) is 0 Å². The quantitative estimate of drug-likeness (QED) is 0.472. The first kappa shape index (κ1) is 14.7. The summed E-state index contributed by atoms with van der Waals surface area (Å²) in [6, 6.07) is 0. The minimum Gasteiger partial charge on any atom is -0.199 e. The zero-order valence-electron chi connectivity index (χ0n) is 7.67. The highest BCUT2D eigenvalue weighted by Crippen LogP contribution is 2.43. The summed E-state index contributed by atoms with van der Waals surface area (Å²) in [7, 11) is 0. The van der Waals surface area contributed by atoms with Gasteiger partial charge in [0.1, 0.15) is 0 Å². The fourth-order valence-corrected chi connectivity index (χ4v) is 1.81. The monoisotopic (exact) mass is 342 g/mol. The van der Waals surface area contributed by atoms with Crippen molar-refractivity contribution in [3.05, 3.63) is 0 Å². The van der Waals surface area contributed by atoms with E-state index in [1.165, 1.54) is 0 Å². The van der Waals surface area contributed by atoms with Gasteiger partial charge in [-0.2, -0.15) is 17.6 Å². The van der Waals surface area contributed by atoms with Crippen molar-refractivity contribution < 1.29 is 17.6 Å². The molecule has 0 saturated heterocycles. The van der Waals surface area contributed by atoms with Gasteiger partial charge in [-0.25, -0.2) is 0 Å². The van der Waals surface area contributed by atoms with Crippen LogP contribution in [-0.2, 0) is 0 Å². The Balaban J connectivity index is 4.08. The van der Waals surface area contributed by atoms with Crippen LogP contribution >= 0.6 is 31.9 Å². The van der Waals surface area contributed by atoms with Crippen LogP contribution in [0.5, 0.6) is 0 Å². The van der Waals surface area contributed by atoms with Gasteiger partial charge in [-0.1, -0.05) is 35.7 Å². The molecular formula is C8H12Br2F4. The molecule has 1 atom stereocenters. The van der Waals surface area contributed by atoms with Crippen molar-refractivity contribution >= 4 is 31.9 Å². The summed E-state index contributed by atoms with van der Waals surface area (Å²) in [5.74, 6) is -4.01. The molecule has 0 heterocycles. The van der Waals surface area contributed by atoms with E-state index in [1.807, 2.05) is 6.92 Å².